The summed E-state index contributed by atoms with van der Waals surface area (Å²) in [7, 11) is 3.00. The Morgan fingerprint density at radius 3 is 2.42 bits per heavy atom. The summed E-state index contributed by atoms with van der Waals surface area (Å²) in [5, 5.41) is 54.1. The predicted octanol–water partition coefficient (Wildman–Crippen LogP) is -0.545. The lowest BCUT2D eigenvalue weighted by atomic mass is 9.57. The molecule has 0 aliphatic heterocycles. The van der Waals surface area contributed by atoms with Crippen LogP contribution in [0.1, 0.15) is 23.7 Å². The summed E-state index contributed by atoms with van der Waals surface area (Å²) >= 11 is 0. The van der Waals surface area contributed by atoms with Crippen molar-refractivity contribution in [2.75, 3.05) is 14.1 Å². The molecule has 0 bridgehead atoms. The Morgan fingerprint density at radius 1 is 1.19 bits per heavy atom. The second-order valence-electron chi connectivity index (χ2n) is 8.35. The molecule has 5 atom stereocenters. The van der Waals surface area contributed by atoms with Gasteiger partial charge in [-0.3, -0.25) is 19.3 Å². The van der Waals surface area contributed by atoms with Crippen molar-refractivity contribution < 1.29 is 39.9 Å². The molecule has 0 saturated heterocycles. The lowest BCUT2D eigenvalue weighted by molar-refractivity contribution is -0.155. The molecule has 1 amide bonds. The van der Waals surface area contributed by atoms with E-state index in [1.807, 2.05) is 0 Å². The Morgan fingerprint density at radius 2 is 1.84 bits per heavy atom. The molecule has 0 spiro atoms. The number of carbonyl (C=O) groups is 3. The van der Waals surface area contributed by atoms with Crippen LogP contribution in [0.4, 0.5) is 0 Å². The van der Waals surface area contributed by atoms with E-state index in [9.17, 15) is 39.9 Å². The van der Waals surface area contributed by atoms with Crippen LogP contribution in [-0.4, -0.2) is 73.6 Å². The van der Waals surface area contributed by atoms with Gasteiger partial charge in [-0.2, -0.15) is 0 Å². The Hall–Kier alpha value is -3.21. The number of likely N-dealkylation sites (N-methyl/N-ethyl adjacent to an activating group) is 1. The maximum absolute atomic E-state index is 13.5. The van der Waals surface area contributed by atoms with Crippen molar-refractivity contribution in [1.29, 1.82) is 0 Å². The fourth-order valence-electron chi connectivity index (χ4n) is 5.20. The SMILES string of the molecule is CN(C)[C@@H]1C(=O)C(C(N)=O)=C(O)C2(O)C(=O)C3=C(O)c4c(O)cccc4[C@@H](O)C3CC12. The van der Waals surface area contributed by atoms with Crippen LogP contribution in [0.3, 0.4) is 0 Å². The number of nitrogens with two attached hydrogens (primary N) is 1. The highest BCUT2D eigenvalue weighted by molar-refractivity contribution is 6.24. The summed E-state index contributed by atoms with van der Waals surface area (Å²) < 4.78 is 0. The summed E-state index contributed by atoms with van der Waals surface area (Å²) in [6.45, 7) is 0. The Bertz CT molecular complexity index is 1100. The van der Waals surface area contributed by atoms with Gasteiger partial charge in [-0.15, -0.1) is 0 Å². The van der Waals surface area contributed by atoms with Crippen LogP contribution < -0.4 is 5.73 Å². The van der Waals surface area contributed by atoms with E-state index in [0.717, 1.165) is 0 Å². The Kier molecular flexibility index (Phi) is 4.51. The molecule has 7 N–H and O–H groups in total. The molecule has 0 radical (unpaired) electrons. The van der Waals surface area contributed by atoms with Gasteiger partial charge in [0.1, 0.15) is 22.8 Å². The van der Waals surface area contributed by atoms with E-state index in [1.54, 1.807) is 0 Å². The minimum absolute atomic E-state index is 0.161. The number of benzene rings is 1. The van der Waals surface area contributed by atoms with Crippen LogP contribution in [0.25, 0.3) is 5.76 Å². The first-order valence-electron chi connectivity index (χ1n) is 9.59. The summed E-state index contributed by atoms with van der Waals surface area (Å²) in [6.07, 6.45) is -1.51. The molecule has 164 valence electrons. The van der Waals surface area contributed by atoms with E-state index in [2.05, 4.69) is 0 Å². The zero-order chi connectivity index (χ0) is 23.0. The van der Waals surface area contributed by atoms with E-state index in [-0.39, 0.29) is 23.3 Å². The number of Topliss-reactive ketones (excluding diaryl/α,β-unsaturated/α-hetero) is 2. The van der Waals surface area contributed by atoms with E-state index < -0.39 is 69.7 Å². The smallest absolute Gasteiger partial charge is 0.255 e. The second kappa shape index (κ2) is 6.64. The number of phenols is 1. The number of fused-ring (bicyclic) bond motifs is 3. The number of nitrogens with zero attached hydrogens (tertiary/aromatic N) is 1. The number of rotatable bonds is 2. The zero-order valence-electron chi connectivity index (χ0n) is 16.7. The number of primary amides is 1. The van der Waals surface area contributed by atoms with Crippen molar-refractivity contribution in [3.05, 3.63) is 46.2 Å². The highest BCUT2D eigenvalue weighted by Gasteiger charge is 2.65. The number of hydrogen-bond donors (Lipinski definition) is 6. The quantitative estimate of drug-likeness (QED) is 0.336. The Balaban J connectivity index is 2.01. The highest BCUT2D eigenvalue weighted by atomic mass is 16.3. The molecular formula is C21H22N2O8. The van der Waals surface area contributed by atoms with Crippen molar-refractivity contribution in [3.63, 3.8) is 0 Å². The fourth-order valence-corrected chi connectivity index (χ4v) is 5.20. The second-order valence-corrected chi connectivity index (χ2v) is 8.35. The lowest BCUT2D eigenvalue weighted by Gasteiger charge is -2.51. The van der Waals surface area contributed by atoms with Gasteiger partial charge in [-0.05, 0) is 32.1 Å². The van der Waals surface area contributed by atoms with E-state index in [1.165, 1.54) is 37.2 Å². The average molecular weight is 430 g/mol. The molecule has 10 heteroatoms. The van der Waals surface area contributed by atoms with E-state index in [0.29, 0.717) is 0 Å². The molecule has 0 heterocycles. The highest BCUT2D eigenvalue weighted by Crippen LogP contribution is 2.55. The zero-order valence-corrected chi connectivity index (χ0v) is 16.7. The van der Waals surface area contributed by atoms with Gasteiger partial charge in [0, 0.05) is 17.4 Å². The number of phenolic OH excluding ortho intramolecular Hbond substituents is 1. The molecule has 10 nitrogen and oxygen atoms in total. The molecule has 3 aliphatic rings. The van der Waals surface area contributed by atoms with Crippen LogP contribution in [0.2, 0.25) is 0 Å². The molecular weight excluding hydrogens is 408 g/mol. The number of hydrogen-bond acceptors (Lipinski definition) is 9. The van der Waals surface area contributed by atoms with Gasteiger partial charge >= 0.3 is 0 Å². The largest absolute Gasteiger partial charge is 0.508 e. The average Bonchev–Trinajstić information content (AvgIpc) is 2.68. The Labute approximate surface area is 176 Å². The molecule has 1 saturated carbocycles. The topological polar surface area (TPSA) is 182 Å². The van der Waals surface area contributed by atoms with Crippen LogP contribution in [-0.2, 0) is 14.4 Å². The van der Waals surface area contributed by atoms with Crippen LogP contribution >= 0.6 is 0 Å². The molecule has 3 aliphatic carbocycles. The minimum Gasteiger partial charge on any atom is -0.508 e. The number of ketones is 2. The first-order chi connectivity index (χ1) is 14.4. The first kappa shape index (κ1) is 21.0. The third-order valence-electron chi connectivity index (χ3n) is 6.57. The van der Waals surface area contributed by atoms with Crippen molar-refractivity contribution in [3.8, 4) is 5.75 Å². The summed E-state index contributed by atoms with van der Waals surface area (Å²) in [5.74, 6) is -7.79. The maximum atomic E-state index is 13.5. The molecule has 3 unspecified atom stereocenters. The minimum atomic E-state index is -2.73. The number of aromatic hydroxyl groups is 1. The standard InChI is InChI=1S/C21H22N2O8/c1-23(2)14-9-6-8-12(16(26)11-7(15(8)25)4-3-5-10(11)24)18(28)21(9,31)19(29)13(17(14)27)20(22)30/h3-5,8-9,14-15,24-26,29,31H,6H2,1-2H3,(H2,22,30)/t8?,9?,14-,15+,21?/m0/s1. The summed E-state index contributed by atoms with van der Waals surface area (Å²) in [4.78, 5) is 39.7. The third-order valence-corrected chi connectivity index (χ3v) is 6.57. The van der Waals surface area contributed by atoms with Crippen molar-refractivity contribution in [1.82, 2.24) is 4.90 Å². The van der Waals surface area contributed by atoms with Crippen LogP contribution in [0, 0.1) is 11.8 Å². The number of aliphatic hydroxyl groups is 4. The van der Waals surface area contributed by atoms with Crippen molar-refractivity contribution >= 4 is 23.2 Å². The van der Waals surface area contributed by atoms with Gasteiger partial charge in [0.05, 0.1) is 17.7 Å². The molecule has 31 heavy (non-hydrogen) atoms. The molecule has 1 aromatic carbocycles. The van der Waals surface area contributed by atoms with Crippen molar-refractivity contribution in [2.45, 2.75) is 24.2 Å². The summed E-state index contributed by atoms with van der Waals surface area (Å²) in [6, 6.07) is 3.01. The van der Waals surface area contributed by atoms with Gasteiger partial charge in [0.2, 0.25) is 5.78 Å². The molecule has 4 rings (SSSR count). The molecule has 1 fully saturated rings. The molecule has 1 aromatic rings. The fraction of sp³-hybridized carbons (Fsp3) is 0.381. The maximum Gasteiger partial charge on any atom is 0.255 e. The first-order valence-corrected chi connectivity index (χ1v) is 9.59. The monoisotopic (exact) mass is 430 g/mol. The summed E-state index contributed by atoms with van der Waals surface area (Å²) in [5.41, 5.74) is 1.26. The third kappa shape index (κ3) is 2.52. The number of aliphatic hydroxyl groups excluding tert-OH is 3. The molecule has 0 aromatic heterocycles. The van der Waals surface area contributed by atoms with Gasteiger partial charge in [0.25, 0.3) is 5.91 Å². The van der Waals surface area contributed by atoms with Gasteiger partial charge in [-0.1, -0.05) is 12.1 Å². The van der Waals surface area contributed by atoms with Crippen LogP contribution in [0.15, 0.2) is 35.1 Å². The van der Waals surface area contributed by atoms with Gasteiger partial charge in [0.15, 0.2) is 11.4 Å². The normalized spacial score (nSPS) is 32.7. The van der Waals surface area contributed by atoms with E-state index in [4.69, 9.17) is 5.73 Å². The van der Waals surface area contributed by atoms with Crippen LogP contribution in [0.5, 0.6) is 5.75 Å². The predicted molar refractivity (Wildman–Crippen MR) is 106 cm³/mol. The lowest BCUT2D eigenvalue weighted by Crippen LogP contribution is -2.66. The van der Waals surface area contributed by atoms with Gasteiger partial charge < -0.3 is 31.3 Å². The van der Waals surface area contributed by atoms with Crippen molar-refractivity contribution in [2.24, 2.45) is 17.6 Å². The number of amides is 1. The number of carbonyl (C=O) groups excluding carboxylic acids is 3. The van der Waals surface area contributed by atoms with E-state index >= 15 is 0 Å². The van der Waals surface area contributed by atoms with Gasteiger partial charge in [-0.25, -0.2) is 0 Å².